The Morgan fingerprint density at radius 2 is 1.25 bits per heavy atom. The van der Waals surface area contributed by atoms with E-state index >= 15 is 0 Å². The molecule has 0 fully saturated rings. The van der Waals surface area contributed by atoms with Gasteiger partial charge in [-0.05, 0) is 0 Å². The maximum absolute atomic E-state index is 8.88. The SMILES string of the molecule is O=P(O)(O)O.[LiH].[V][Fe]. The van der Waals surface area contributed by atoms with Crippen LogP contribution in [-0.4, -0.2) is 33.5 Å². The Morgan fingerprint density at radius 1 is 1.25 bits per heavy atom. The normalized spacial score (nSPS) is 8.00. The zero-order valence-corrected chi connectivity index (χ0v) is 6.39. The van der Waals surface area contributed by atoms with Gasteiger partial charge < -0.3 is 14.7 Å². The predicted molar refractivity (Wildman–Crippen MR) is 21.4 cm³/mol. The summed E-state index contributed by atoms with van der Waals surface area (Å²) in [6.45, 7) is 0. The van der Waals surface area contributed by atoms with E-state index in [0.717, 1.165) is 0 Å². The summed E-state index contributed by atoms with van der Waals surface area (Å²) in [6.07, 6.45) is 0. The van der Waals surface area contributed by atoms with Crippen LogP contribution < -0.4 is 0 Å². The number of phosphoric acid groups is 1. The molecule has 0 saturated carbocycles. The van der Waals surface area contributed by atoms with Gasteiger partial charge in [-0.15, -0.1) is 0 Å². The van der Waals surface area contributed by atoms with Crippen LogP contribution in [0.1, 0.15) is 0 Å². The average Bonchev–Trinajstić information content (AvgIpc) is 1.36. The van der Waals surface area contributed by atoms with Gasteiger partial charge in [0.25, 0.3) is 0 Å². The summed E-state index contributed by atoms with van der Waals surface area (Å²) < 4.78 is 8.88. The van der Waals surface area contributed by atoms with E-state index in [2.05, 4.69) is 29.4 Å². The van der Waals surface area contributed by atoms with Gasteiger partial charge in [-0.3, -0.25) is 0 Å². The molecule has 8 heavy (non-hydrogen) atoms. The monoisotopic (exact) mass is 213 g/mol. The van der Waals surface area contributed by atoms with Crippen LogP contribution in [0.25, 0.3) is 0 Å². The Kier molecular flexibility index (Phi) is 18.1. The standard InChI is InChI=1S/Fe.Li.H3O4P.V.H/c;;1-5(2,3)4;;/h;;(H3,1,2,3,4);;. The molecule has 0 atom stereocenters. The first-order valence-corrected chi connectivity index (χ1v) is 5.04. The Morgan fingerprint density at radius 3 is 1.25 bits per heavy atom. The fourth-order valence-electron chi connectivity index (χ4n) is 0. The molecule has 0 spiro atoms. The van der Waals surface area contributed by atoms with Crippen molar-refractivity contribution in [2.24, 2.45) is 0 Å². The molecule has 0 aliphatic rings. The summed E-state index contributed by atoms with van der Waals surface area (Å²) in [7, 11) is -4.64. The summed E-state index contributed by atoms with van der Waals surface area (Å²) in [4.78, 5) is 21.6. The van der Waals surface area contributed by atoms with Gasteiger partial charge in [0, 0.05) is 0 Å². The summed E-state index contributed by atoms with van der Waals surface area (Å²) in [6, 6.07) is 0. The molecule has 0 bridgehead atoms. The van der Waals surface area contributed by atoms with Gasteiger partial charge >= 0.3 is 56.1 Å². The molecule has 0 aliphatic carbocycles. The zero-order chi connectivity index (χ0) is 6.50. The van der Waals surface area contributed by atoms with E-state index in [1.54, 1.807) is 0 Å². The van der Waals surface area contributed by atoms with Gasteiger partial charge in [0.15, 0.2) is 0 Å². The molecule has 0 rings (SSSR count). The first kappa shape index (κ1) is 16.4. The summed E-state index contributed by atoms with van der Waals surface area (Å²) in [5.41, 5.74) is 0. The van der Waals surface area contributed by atoms with E-state index in [1.807, 2.05) is 0 Å². The molecule has 4 nitrogen and oxygen atoms in total. The molecule has 0 aromatic carbocycles. The van der Waals surface area contributed by atoms with E-state index < -0.39 is 7.82 Å². The topological polar surface area (TPSA) is 77.8 Å². The summed E-state index contributed by atoms with van der Waals surface area (Å²) in [5, 5.41) is 0. The van der Waals surface area contributed by atoms with Crippen LogP contribution in [0.5, 0.6) is 0 Å². The molecule has 47 valence electrons. The van der Waals surface area contributed by atoms with Crippen molar-refractivity contribution in [2.45, 2.75) is 0 Å². The molecule has 0 aromatic heterocycles. The Balaban J connectivity index is -0.0000000750. The number of hydrogen-bond acceptors (Lipinski definition) is 1. The molecule has 0 unspecified atom stereocenters. The predicted octanol–water partition coefficient (Wildman–Crippen LogP) is -1.58. The van der Waals surface area contributed by atoms with E-state index in [-0.39, 0.29) is 18.9 Å². The van der Waals surface area contributed by atoms with Gasteiger partial charge in [0.1, 0.15) is 0 Å². The minimum atomic E-state index is -4.64. The molecule has 0 radical (unpaired) electrons. The Hall–Kier alpha value is 1.81. The van der Waals surface area contributed by atoms with Crippen LogP contribution in [0.2, 0.25) is 0 Å². The quantitative estimate of drug-likeness (QED) is 0.335. The van der Waals surface area contributed by atoms with Gasteiger partial charge in [-0.25, -0.2) is 4.57 Å². The van der Waals surface area contributed by atoms with Crippen molar-refractivity contribution in [2.75, 3.05) is 0 Å². The fraction of sp³-hybridized carbons (Fsp3) is 0. The third-order valence-corrected chi connectivity index (χ3v) is 0. The van der Waals surface area contributed by atoms with Crippen molar-refractivity contribution < 1.29 is 48.6 Å². The molecule has 0 aromatic rings. The van der Waals surface area contributed by atoms with Crippen molar-refractivity contribution in [3.05, 3.63) is 0 Å². The second-order valence-corrected chi connectivity index (χ2v) is 1.54. The molecule has 3 N–H and O–H groups in total. The van der Waals surface area contributed by atoms with Crippen LogP contribution in [-0.2, 0) is 34.0 Å². The second kappa shape index (κ2) is 8.81. The molecule has 0 saturated heterocycles. The van der Waals surface area contributed by atoms with Crippen LogP contribution in [0.3, 0.4) is 0 Å². The number of hydrogen-bond donors (Lipinski definition) is 3. The van der Waals surface area contributed by atoms with Crippen LogP contribution in [0, 0.1) is 0 Å². The Bertz CT molecular complexity index is 62.2. The van der Waals surface area contributed by atoms with E-state index in [9.17, 15) is 0 Å². The van der Waals surface area contributed by atoms with Crippen LogP contribution in [0.4, 0.5) is 0 Å². The molecular formula is H4FeLiO4PV. The second-order valence-electron chi connectivity index (χ2n) is 0.513. The van der Waals surface area contributed by atoms with Gasteiger partial charge in [-0.2, -0.15) is 0 Å². The molecule has 8 heteroatoms. The van der Waals surface area contributed by atoms with Crippen molar-refractivity contribution in [1.29, 1.82) is 0 Å². The van der Waals surface area contributed by atoms with Gasteiger partial charge in [-0.1, -0.05) is 0 Å². The van der Waals surface area contributed by atoms with Crippen molar-refractivity contribution in [3.8, 4) is 0 Å². The molecule has 0 aliphatic heterocycles. The zero-order valence-electron chi connectivity index (χ0n) is 3.00. The van der Waals surface area contributed by atoms with E-state index in [4.69, 9.17) is 19.2 Å². The number of rotatable bonds is 0. The molecule has 0 heterocycles. The fourth-order valence-corrected chi connectivity index (χ4v) is 0. The average molecular weight is 213 g/mol. The first-order chi connectivity index (χ1) is 3.00. The van der Waals surface area contributed by atoms with E-state index in [1.165, 1.54) is 0 Å². The maximum atomic E-state index is 8.88. The minimum absolute atomic E-state index is 0. The van der Waals surface area contributed by atoms with Gasteiger partial charge in [0.2, 0.25) is 0 Å². The van der Waals surface area contributed by atoms with E-state index in [0.29, 0.717) is 0 Å². The third kappa shape index (κ3) is 110. The van der Waals surface area contributed by atoms with Crippen molar-refractivity contribution >= 4 is 26.7 Å². The molecular weight excluding hydrogens is 209 g/mol. The van der Waals surface area contributed by atoms with Crippen molar-refractivity contribution in [3.63, 3.8) is 0 Å². The van der Waals surface area contributed by atoms with Gasteiger partial charge in [0.05, 0.1) is 0 Å². The Labute approximate surface area is 75.0 Å². The molecule has 0 amide bonds. The van der Waals surface area contributed by atoms with Crippen LogP contribution >= 0.6 is 7.82 Å². The van der Waals surface area contributed by atoms with Crippen molar-refractivity contribution in [1.82, 2.24) is 0 Å². The summed E-state index contributed by atoms with van der Waals surface area (Å²) in [5.74, 6) is 0. The van der Waals surface area contributed by atoms with Crippen LogP contribution in [0.15, 0.2) is 0 Å². The summed E-state index contributed by atoms with van der Waals surface area (Å²) >= 11 is 5.25. The third-order valence-electron chi connectivity index (χ3n) is 0. The first-order valence-electron chi connectivity index (χ1n) is 0.941.